The van der Waals surface area contributed by atoms with Crippen molar-refractivity contribution >= 4 is 5.97 Å². The zero-order chi connectivity index (χ0) is 17.0. The van der Waals surface area contributed by atoms with E-state index < -0.39 is 11.4 Å². The number of likely N-dealkylation sites (tertiary alicyclic amines) is 1. The van der Waals surface area contributed by atoms with E-state index in [0.717, 1.165) is 31.5 Å². The lowest BCUT2D eigenvalue weighted by Gasteiger charge is -2.31. The number of hydrogen-bond donors (Lipinski definition) is 1. The average Bonchev–Trinajstić information content (AvgIpc) is 2.46. The van der Waals surface area contributed by atoms with E-state index in [2.05, 4.69) is 11.9 Å². The van der Waals surface area contributed by atoms with Crippen molar-refractivity contribution in [1.29, 1.82) is 0 Å². The fraction of sp³-hybridized carbons (Fsp3) is 0.611. The Balaban J connectivity index is 2.23. The number of hydrogen-bond acceptors (Lipinski definition) is 4. The van der Waals surface area contributed by atoms with Crippen molar-refractivity contribution in [2.45, 2.75) is 44.6 Å². The number of carbonyl (C=O) groups is 1. The van der Waals surface area contributed by atoms with E-state index in [1.165, 1.54) is 0 Å². The van der Waals surface area contributed by atoms with Crippen molar-refractivity contribution in [2.24, 2.45) is 0 Å². The van der Waals surface area contributed by atoms with Crippen LogP contribution in [0.15, 0.2) is 18.2 Å². The van der Waals surface area contributed by atoms with E-state index >= 15 is 0 Å². The monoisotopic (exact) mass is 321 g/mol. The van der Waals surface area contributed by atoms with Gasteiger partial charge < -0.3 is 19.5 Å². The fourth-order valence-corrected chi connectivity index (χ4v) is 3.06. The van der Waals surface area contributed by atoms with Crippen LogP contribution in [0.2, 0.25) is 0 Å². The highest BCUT2D eigenvalue weighted by Crippen LogP contribution is 2.36. The van der Waals surface area contributed by atoms with Gasteiger partial charge in [0.05, 0.1) is 13.5 Å². The van der Waals surface area contributed by atoms with Crippen LogP contribution in [0.1, 0.15) is 38.7 Å². The molecule has 0 aliphatic carbocycles. The molecule has 0 aromatic heterocycles. The summed E-state index contributed by atoms with van der Waals surface area (Å²) in [5.74, 6) is 0.582. The number of piperidine rings is 1. The van der Waals surface area contributed by atoms with Gasteiger partial charge in [0.15, 0.2) is 11.5 Å². The number of ether oxygens (including phenoxy) is 2. The van der Waals surface area contributed by atoms with E-state index in [1.807, 2.05) is 32.0 Å². The lowest BCUT2D eigenvalue weighted by molar-refractivity contribution is -0.138. The first kappa shape index (κ1) is 17.6. The van der Waals surface area contributed by atoms with Gasteiger partial charge in [-0.05, 0) is 44.1 Å². The van der Waals surface area contributed by atoms with E-state index in [1.54, 1.807) is 7.11 Å². The molecule has 1 N–H and O–H groups in total. The van der Waals surface area contributed by atoms with E-state index in [-0.39, 0.29) is 12.5 Å². The molecule has 0 saturated carbocycles. The van der Waals surface area contributed by atoms with Crippen LogP contribution >= 0.6 is 0 Å². The number of carboxylic acids is 1. The number of methoxy groups -OCH3 is 1. The minimum atomic E-state index is -0.804. The summed E-state index contributed by atoms with van der Waals surface area (Å²) >= 11 is 0. The highest BCUT2D eigenvalue weighted by molar-refractivity contribution is 5.69. The molecule has 1 aliphatic rings. The quantitative estimate of drug-likeness (QED) is 0.873. The normalized spacial score (nSPS) is 19.4. The zero-order valence-electron chi connectivity index (χ0n) is 14.5. The predicted octanol–water partition coefficient (Wildman–Crippen LogP) is 2.92. The molecule has 1 fully saturated rings. The Morgan fingerprint density at radius 2 is 2.13 bits per heavy atom. The first-order valence-corrected chi connectivity index (χ1v) is 8.07. The maximum Gasteiger partial charge on any atom is 0.304 e. The van der Waals surface area contributed by atoms with Crippen LogP contribution in [0.25, 0.3) is 0 Å². The highest BCUT2D eigenvalue weighted by atomic mass is 16.5. The van der Waals surface area contributed by atoms with Crippen molar-refractivity contribution in [3.63, 3.8) is 0 Å². The summed E-state index contributed by atoms with van der Waals surface area (Å²) in [6.07, 6.45) is 2.36. The molecule has 2 rings (SSSR count). The smallest absolute Gasteiger partial charge is 0.304 e. The number of benzene rings is 1. The minimum absolute atomic E-state index is 0.0743. The molecular weight excluding hydrogens is 294 g/mol. The Morgan fingerprint density at radius 1 is 1.39 bits per heavy atom. The SMILES string of the molecule is COc1ccc(C(C)(C)CC(=O)O)cc1OC1CCCN(C)C1. The third kappa shape index (κ3) is 4.61. The average molecular weight is 321 g/mol. The second-order valence-electron chi connectivity index (χ2n) is 6.96. The number of aliphatic carboxylic acids is 1. The maximum atomic E-state index is 11.1. The molecule has 0 amide bonds. The molecule has 23 heavy (non-hydrogen) atoms. The number of rotatable bonds is 6. The molecule has 128 valence electrons. The molecule has 1 aromatic carbocycles. The molecule has 1 aromatic rings. The summed E-state index contributed by atoms with van der Waals surface area (Å²) in [6.45, 7) is 5.86. The molecule has 1 saturated heterocycles. The van der Waals surface area contributed by atoms with E-state index in [0.29, 0.717) is 11.5 Å². The molecule has 1 heterocycles. The van der Waals surface area contributed by atoms with Gasteiger partial charge in [-0.1, -0.05) is 19.9 Å². The van der Waals surface area contributed by atoms with Gasteiger partial charge >= 0.3 is 5.97 Å². The van der Waals surface area contributed by atoms with Gasteiger partial charge in [0, 0.05) is 12.0 Å². The van der Waals surface area contributed by atoms with Gasteiger partial charge in [0.1, 0.15) is 6.10 Å². The lowest BCUT2D eigenvalue weighted by Crippen LogP contribution is -2.38. The summed E-state index contributed by atoms with van der Waals surface area (Å²) in [5.41, 5.74) is 0.486. The summed E-state index contributed by atoms with van der Waals surface area (Å²) in [4.78, 5) is 13.4. The second-order valence-corrected chi connectivity index (χ2v) is 6.96. The first-order valence-electron chi connectivity index (χ1n) is 8.07. The summed E-state index contributed by atoms with van der Waals surface area (Å²) in [7, 11) is 3.72. The fourth-order valence-electron chi connectivity index (χ4n) is 3.06. The molecule has 1 atom stereocenters. The molecule has 0 spiro atoms. The topological polar surface area (TPSA) is 59.0 Å². The van der Waals surface area contributed by atoms with Gasteiger partial charge in [0.25, 0.3) is 0 Å². The molecule has 0 radical (unpaired) electrons. The highest BCUT2D eigenvalue weighted by Gasteiger charge is 2.26. The molecule has 0 bridgehead atoms. The molecular formula is C18H27NO4. The lowest BCUT2D eigenvalue weighted by atomic mass is 9.81. The third-order valence-electron chi connectivity index (χ3n) is 4.41. The van der Waals surface area contributed by atoms with Crippen molar-refractivity contribution < 1.29 is 19.4 Å². The van der Waals surface area contributed by atoms with Gasteiger partial charge in [-0.2, -0.15) is 0 Å². The zero-order valence-corrected chi connectivity index (χ0v) is 14.5. The first-order chi connectivity index (χ1) is 10.8. The third-order valence-corrected chi connectivity index (χ3v) is 4.41. The van der Waals surface area contributed by atoms with Crippen molar-refractivity contribution in [3.8, 4) is 11.5 Å². The number of likely N-dealkylation sites (N-methyl/N-ethyl adjacent to an activating group) is 1. The minimum Gasteiger partial charge on any atom is -0.493 e. The molecule has 1 aliphatic heterocycles. The van der Waals surface area contributed by atoms with Crippen molar-refractivity contribution in [2.75, 3.05) is 27.2 Å². The van der Waals surface area contributed by atoms with Crippen LogP contribution in [0.5, 0.6) is 11.5 Å². The van der Waals surface area contributed by atoms with Gasteiger partial charge in [0.2, 0.25) is 0 Å². The van der Waals surface area contributed by atoms with E-state index in [4.69, 9.17) is 14.6 Å². The van der Waals surface area contributed by atoms with Crippen LogP contribution in [0.4, 0.5) is 0 Å². The van der Waals surface area contributed by atoms with Gasteiger partial charge in [-0.3, -0.25) is 4.79 Å². The molecule has 5 heteroatoms. The number of nitrogens with zero attached hydrogens (tertiary/aromatic N) is 1. The van der Waals surface area contributed by atoms with Gasteiger partial charge in [-0.15, -0.1) is 0 Å². The summed E-state index contributed by atoms with van der Waals surface area (Å²) in [5, 5.41) is 9.11. The largest absolute Gasteiger partial charge is 0.493 e. The Labute approximate surface area is 138 Å². The van der Waals surface area contributed by atoms with Gasteiger partial charge in [-0.25, -0.2) is 0 Å². The summed E-state index contributed by atoms with van der Waals surface area (Å²) < 4.78 is 11.6. The van der Waals surface area contributed by atoms with Crippen LogP contribution in [0.3, 0.4) is 0 Å². The standard InChI is InChI=1S/C18H27NO4/c1-18(2,11-17(20)21)13-7-8-15(22-4)16(10-13)23-14-6-5-9-19(3)12-14/h7-8,10,14H,5-6,9,11-12H2,1-4H3,(H,20,21). The Hall–Kier alpha value is -1.75. The number of carboxylic acid groups (broad SMARTS) is 1. The van der Waals surface area contributed by atoms with Crippen LogP contribution < -0.4 is 9.47 Å². The second kappa shape index (κ2) is 7.21. The predicted molar refractivity (Wildman–Crippen MR) is 89.4 cm³/mol. The van der Waals surface area contributed by atoms with Crippen LogP contribution in [-0.2, 0) is 10.2 Å². The Kier molecular flexibility index (Phi) is 5.52. The molecule has 1 unspecified atom stereocenters. The van der Waals surface area contributed by atoms with Crippen molar-refractivity contribution in [3.05, 3.63) is 23.8 Å². The summed E-state index contributed by atoms with van der Waals surface area (Å²) in [6, 6.07) is 5.71. The Morgan fingerprint density at radius 3 is 2.74 bits per heavy atom. The van der Waals surface area contributed by atoms with Crippen LogP contribution in [-0.4, -0.2) is 49.3 Å². The van der Waals surface area contributed by atoms with Crippen LogP contribution in [0, 0.1) is 0 Å². The maximum absolute atomic E-state index is 11.1. The van der Waals surface area contributed by atoms with E-state index in [9.17, 15) is 4.79 Å². The molecule has 5 nitrogen and oxygen atoms in total. The van der Waals surface area contributed by atoms with Crippen molar-refractivity contribution in [1.82, 2.24) is 4.90 Å². The Bertz CT molecular complexity index is 556.